The van der Waals surface area contributed by atoms with Crippen molar-refractivity contribution in [3.05, 3.63) is 34.9 Å². The van der Waals surface area contributed by atoms with Crippen LogP contribution in [-0.2, 0) is 0 Å². The first kappa shape index (κ1) is 14.1. The number of hydrogen-bond acceptors (Lipinski definition) is 2. The van der Waals surface area contributed by atoms with Gasteiger partial charge in [0, 0.05) is 18.7 Å². The van der Waals surface area contributed by atoms with E-state index in [4.69, 9.17) is 5.73 Å². The van der Waals surface area contributed by atoms with Gasteiger partial charge in [-0.3, -0.25) is 4.79 Å². The Kier molecular flexibility index (Phi) is 4.59. The Morgan fingerprint density at radius 1 is 1.26 bits per heavy atom. The van der Waals surface area contributed by atoms with Crippen LogP contribution in [0.3, 0.4) is 0 Å². The molecule has 1 aliphatic rings. The van der Waals surface area contributed by atoms with Crippen molar-refractivity contribution in [2.24, 2.45) is 11.7 Å². The normalized spacial score (nSPS) is 16.7. The number of nitrogens with zero attached hydrogens (tertiary/aromatic N) is 1. The van der Waals surface area contributed by atoms with E-state index in [-0.39, 0.29) is 5.91 Å². The summed E-state index contributed by atoms with van der Waals surface area (Å²) in [6, 6.07) is 6.04. The molecule has 2 rings (SSSR count). The minimum Gasteiger partial charge on any atom is -0.339 e. The van der Waals surface area contributed by atoms with Crippen LogP contribution in [0.15, 0.2) is 18.2 Å². The topological polar surface area (TPSA) is 46.3 Å². The summed E-state index contributed by atoms with van der Waals surface area (Å²) in [5.41, 5.74) is 8.65. The second-order valence-corrected chi connectivity index (χ2v) is 5.58. The van der Waals surface area contributed by atoms with Crippen LogP contribution in [0.2, 0.25) is 0 Å². The van der Waals surface area contributed by atoms with Gasteiger partial charge < -0.3 is 10.6 Å². The van der Waals surface area contributed by atoms with Crippen molar-refractivity contribution >= 4 is 5.91 Å². The van der Waals surface area contributed by atoms with Gasteiger partial charge >= 0.3 is 0 Å². The average molecular weight is 260 g/mol. The highest BCUT2D eigenvalue weighted by atomic mass is 16.2. The first-order valence-corrected chi connectivity index (χ1v) is 7.19. The van der Waals surface area contributed by atoms with Crippen LogP contribution in [0.5, 0.6) is 0 Å². The van der Waals surface area contributed by atoms with Gasteiger partial charge in [-0.1, -0.05) is 18.2 Å². The molecular formula is C16H24N2O. The van der Waals surface area contributed by atoms with Crippen LogP contribution in [0.25, 0.3) is 0 Å². The smallest absolute Gasteiger partial charge is 0.254 e. The van der Waals surface area contributed by atoms with Crippen LogP contribution in [0.1, 0.15) is 40.7 Å². The predicted octanol–water partition coefficient (Wildman–Crippen LogP) is 2.50. The van der Waals surface area contributed by atoms with Crippen LogP contribution in [0.4, 0.5) is 0 Å². The van der Waals surface area contributed by atoms with Gasteiger partial charge in [0.15, 0.2) is 0 Å². The van der Waals surface area contributed by atoms with Gasteiger partial charge in [-0.05, 0) is 56.7 Å². The van der Waals surface area contributed by atoms with Gasteiger partial charge in [-0.25, -0.2) is 0 Å². The Hall–Kier alpha value is -1.35. The van der Waals surface area contributed by atoms with Gasteiger partial charge in [-0.2, -0.15) is 0 Å². The Balaban J connectivity index is 2.05. The number of hydrogen-bond donors (Lipinski definition) is 1. The lowest BCUT2D eigenvalue weighted by Gasteiger charge is -2.32. The molecule has 1 amide bonds. The molecule has 3 nitrogen and oxygen atoms in total. The minimum atomic E-state index is 0.196. The Morgan fingerprint density at radius 2 is 1.84 bits per heavy atom. The molecule has 0 radical (unpaired) electrons. The summed E-state index contributed by atoms with van der Waals surface area (Å²) >= 11 is 0. The predicted molar refractivity (Wildman–Crippen MR) is 78.2 cm³/mol. The number of likely N-dealkylation sites (tertiary alicyclic amines) is 1. The van der Waals surface area contributed by atoms with Gasteiger partial charge in [0.05, 0.1) is 0 Å². The molecule has 0 spiro atoms. The standard InChI is InChI=1S/C16H24N2O/c1-12-4-3-5-13(2)15(12)16(19)18-10-7-14(6-9-17)8-11-18/h3-5,14H,6-11,17H2,1-2H3. The lowest BCUT2D eigenvalue weighted by molar-refractivity contribution is 0.0686. The minimum absolute atomic E-state index is 0.196. The molecule has 0 aliphatic carbocycles. The maximum Gasteiger partial charge on any atom is 0.254 e. The summed E-state index contributed by atoms with van der Waals surface area (Å²) in [7, 11) is 0. The number of carbonyl (C=O) groups is 1. The van der Waals surface area contributed by atoms with Crippen molar-refractivity contribution in [1.82, 2.24) is 4.90 Å². The van der Waals surface area contributed by atoms with Gasteiger partial charge in [-0.15, -0.1) is 0 Å². The maximum atomic E-state index is 12.6. The molecule has 1 heterocycles. The Labute approximate surface area is 115 Å². The van der Waals surface area contributed by atoms with E-state index >= 15 is 0 Å². The summed E-state index contributed by atoms with van der Waals surface area (Å²) < 4.78 is 0. The van der Waals surface area contributed by atoms with Crippen LogP contribution in [0, 0.1) is 19.8 Å². The molecule has 0 atom stereocenters. The molecule has 0 unspecified atom stereocenters. The fourth-order valence-corrected chi connectivity index (χ4v) is 2.97. The van der Waals surface area contributed by atoms with Crippen LogP contribution in [-0.4, -0.2) is 30.4 Å². The number of rotatable bonds is 3. The Morgan fingerprint density at radius 3 is 2.37 bits per heavy atom. The number of nitrogens with two attached hydrogens (primary N) is 1. The van der Waals surface area contributed by atoms with E-state index < -0.39 is 0 Å². The van der Waals surface area contributed by atoms with Crippen LogP contribution < -0.4 is 5.73 Å². The second-order valence-electron chi connectivity index (χ2n) is 5.58. The number of benzene rings is 1. The maximum absolute atomic E-state index is 12.6. The highest BCUT2D eigenvalue weighted by molar-refractivity contribution is 5.97. The number of piperidine rings is 1. The zero-order valence-corrected chi connectivity index (χ0v) is 12.0. The summed E-state index contributed by atoms with van der Waals surface area (Å²) in [6.45, 7) is 6.53. The van der Waals surface area contributed by atoms with E-state index in [1.54, 1.807) is 0 Å². The third-order valence-corrected chi connectivity index (χ3v) is 4.17. The molecule has 19 heavy (non-hydrogen) atoms. The van der Waals surface area contributed by atoms with E-state index in [9.17, 15) is 4.79 Å². The lowest BCUT2D eigenvalue weighted by Crippen LogP contribution is -2.39. The van der Waals surface area contributed by atoms with Gasteiger partial charge in [0.1, 0.15) is 0 Å². The monoisotopic (exact) mass is 260 g/mol. The fraction of sp³-hybridized carbons (Fsp3) is 0.562. The van der Waals surface area contributed by atoms with Crippen molar-refractivity contribution in [1.29, 1.82) is 0 Å². The van der Waals surface area contributed by atoms with E-state index in [1.807, 2.05) is 36.9 Å². The number of amides is 1. The molecule has 3 heteroatoms. The summed E-state index contributed by atoms with van der Waals surface area (Å²) in [5, 5.41) is 0. The zero-order valence-electron chi connectivity index (χ0n) is 12.0. The van der Waals surface area contributed by atoms with E-state index in [0.29, 0.717) is 5.92 Å². The second kappa shape index (κ2) is 6.20. The molecule has 1 fully saturated rings. The van der Waals surface area contributed by atoms with Crippen molar-refractivity contribution < 1.29 is 4.79 Å². The average Bonchev–Trinajstić information content (AvgIpc) is 2.39. The molecule has 0 aromatic heterocycles. The van der Waals surface area contributed by atoms with E-state index in [2.05, 4.69) is 0 Å². The molecule has 1 saturated heterocycles. The van der Waals surface area contributed by atoms with E-state index in [0.717, 1.165) is 55.6 Å². The first-order valence-electron chi connectivity index (χ1n) is 7.19. The summed E-state index contributed by atoms with van der Waals surface area (Å²) in [4.78, 5) is 14.6. The van der Waals surface area contributed by atoms with Crippen molar-refractivity contribution in [3.63, 3.8) is 0 Å². The quantitative estimate of drug-likeness (QED) is 0.907. The molecular weight excluding hydrogens is 236 g/mol. The molecule has 1 aliphatic heterocycles. The lowest BCUT2D eigenvalue weighted by atomic mass is 9.92. The molecule has 0 saturated carbocycles. The van der Waals surface area contributed by atoms with Crippen molar-refractivity contribution in [3.8, 4) is 0 Å². The van der Waals surface area contributed by atoms with Gasteiger partial charge in [0.25, 0.3) is 5.91 Å². The summed E-state index contributed by atoms with van der Waals surface area (Å²) in [6.07, 6.45) is 3.27. The number of carbonyl (C=O) groups excluding carboxylic acids is 1. The SMILES string of the molecule is Cc1cccc(C)c1C(=O)N1CCC(CCN)CC1. The highest BCUT2D eigenvalue weighted by Crippen LogP contribution is 2.23. The third-order valence-electron chi connectivity index (χ3n) is 4.17. The summed E-state index contributed by atoms with van der Waals surface area (Å²) in [5.74, 6) is 0.897. The van der Waals surface area contributed by atoms with Crippen molar-refractivity contribution in [2.45, 2.75) is 33.1 Å². The molecule has 2 N–H and O–H groups in total. The van der Waals surface area contributed by atoms with E-state index in [1.165, 1.54) is 0 Å². The molecule has 0 bridgehead atoms. The molecule has 104 valence electrons. The Bertz CT molecular complexity index is 428. The first-order chi connectivity index (χ1) is 9.13. The van der Waals surface area contributed by atoms with Crippen molar-refractivity contribution in [2.75, 3.05) is 19.6 Å². The largest absolute Gasteiger partial charge is 0.339 e. The third kappa shape index (κ3) is 3.16. The number of aryl methyl sites for hydroxylation is 2. The molecule has 1 aromatic carbocycles. The zero-order chi connectivity index (χ0) is 13.8. The van der Waals surface area contributed by atoms with Crippen LogP contribution >= 0.6 is 0 Å². The molecule has 1 aromatic rings. The highest BCUT2D eigenvalue weighted by Gasteiger charge is 2.24. The van der Waals surface area contributed by atoms with Gasteiger partial charge in [0.2, 0.25) is 0 Å². The fourth-order valence-electron chi connectivity index (χ4n) is 2.97.